The van der Waals surface area contributed by atoms with Crippen molar-refractivity contribution in [2.24, 2.45) is 5.92 Å². The first kappa shape index (κ1) is 21.5. The number of aryl methyl sites for hydroxylation is 1. The van der Waals surface area contributed by atoms with Crippen LogP contribution in [0, 0.1) is 5.92 Å². The predicted octanol–water partition coefficient (Wildman–Crippen LogP) is 5.51. The summed E-state index contributed by atoms with van der Waals surface area (Å²) in [5.41, 5.74) is 2.57. The van der Waals surface area contributed by atoms with E-state index in [-0.39, 0.29) is 5.41 Å². The monoisotopic (exact) mass is 367 g/mol. The van der Waals surface area contributed by atoms with Crippen LogP contribution in [0.25, 0.3) is 0 Å². The second-order valence-corrected chi connectivity index (χ2v) is 7.88. The highest BCUT2D eigenvalue weighted by Crippen LogP contribution is 2.39. The molecule has 1 aromatic carbocycles. The van der Waals surface area contributed by atoms with E-state index in [1.165, 1.54) is 56.1 Å². The predicted molar refractivity (Wildman–Crippen MR) is 112 cm³/mol. The van der Waals surface area contributed by atoms with Gasteiger partial charge in [-0.25, -0.2) is 0 Å². The van der Waals surface area contributed by atoms with Gasteiger partial charge in [0.1, 0.15) is 0 Å². The van der Waals surface area contributed by atoms with Crippen LogP contribution in [0.4, 0.5) is 0 Å². The first-order chi connectivity index (χ1) is 13.1. The van der Waals surface area contributed by atoms with Gasteiger partial charge in [0.15, 0.2) is 0 Å². The molecule has 2 heteroatoms. The van der Waals surface area contributed by atoms with Gasteiger partial charge in [-0.2, -0.15) is 0 Å². The zero-order valence-corrected chi connectivity index (χ0v) is 17.1. The fraction of sp³-hybridized carbons (Fsp3) is 0.560. The molecule has 0 saturated carbocycles. The maximum absolute atomic E-state index is 11.3. The molecule has 0 fully saturated rings. The molecule has 0 saturated heterocycles. The fourth-order valence-corrected chi connectivity index (χ4v) is 4.09. The quantitative estimate of drug-likeness (QED) is 0.361. The summed E-state index contributed by atoms with van der Waals surface area (Å²) < 4.78 is 0. The summed E-state index contributed by atoms with van der Waals surface area (Å²) in [5.74, 6) is -1.62. The third kappa shape index (κ3) is 6.09. The molecule has 0 atom stereocenters. The molecule has 2 rings (SSSR count). The molecular formula is C25H35O2-. The van der Waals surface area contributed by atoms with Crippen LogP contribution >= 0.6 is 0 Å². The van der Waals surface area contributed by atoms with Gasteiger partial charge < -0.3 is 9.90 Å². The van der Waals surface area contributed by atoms with Gasteiger partial charge in [-0.05, 0) is 30.4 Å². The van der Waals surface area contributed by atoms with Gasteiger partial charge in [-0.1, -0.05) is 107 Å². The number of benzene rings is 1. The van der Waals surface area contributed by atoms with E-state index in [0.29, 0.717) is 0 Å². The third-order valence-electron chi connectivity index (χ3n) is 5.74. The van der Waals surface area contributed by atoms with Crippen molar-refractivity contribution in [1.82, 2.24) is 0 Å². The van der Waals surface area contributed by atoms with Gasteiger partial charge in [0.05, 0.1) is 5.97 Å². The molecule has 0 N–H and O–H groups in total. The van der Waals surface area contributed by atoms with Crippen molar-refractivity contribution in [1.29, 1.82) is 0 Å². The zero-order chi connectivity index (χ0) is 19.5. The molecule has 0 spiro atoms. The number of aliphatic carboxylic acids is 1. The molecule has 0 bridgehead atoms. The Kier molecular flexibility index (Phi) is 8.84. The molecular weight excluding hydrogens is 332 g/mol. The molecule has 1 aliphatic rings. The van der Waals surface area contributed by atoms with E-state index < -0.39 is 11.9 Å². The smallest absolute Gasteiger partial charge is 0.0521 e. The topological polar surface area (TPSA) is 40.1 Å². The number of unbranched alkanes of at least 4 members (excludes halogenated alkanes) is 6. The van der Waals surface area contributed by atoms with Crippen LogP contribution in [0.1, 0.15) is 82.8 Å². The lowest BCUT2D eigenvalue weighted by atomic mass is 9.70. The average Bonchev–Trinajstić information content (AvgIpc) is 2.69. The molecule has 0 unspecified atom stereocenters. The van der Waals surface area contributed by atoms with Gasteiger partial charge >= 0.3 is 0 Å². The minimum atomic E-state index is -1.02. The number of carboxylic acids is 1. The van der Waals surface area contributed by atoms with Crippen LogP contribution in [0.15, 0.2) is 48.6 Å². The summed E-state index contributed by atoms with van der Waals surface area (Å²) >= 11 is 0. The molecule has 2 nitrogen and oxygen atoms in total. The molecule has 148 valence electrons. The summed E-state index contributed by atoms with van der Waals surface area (Å²) in [6, 6.07) is 8.72. The number of carbonyl (C=O) groups excluding carboxylic acids is 1. The zero-order valence-electron chi connectivity index (χ0n) is 17.1. The Labute approximate surface area is 165 Å². The Balaban J connectivity index is 2.24. The second-order valence-electron chi connectivity index (χ2n) is 7.88. The molecule has 27 heavy (non-hydrogen) atoms. The Bertz CT molecular complexity index is 627. The minimum absolute atomic E-state index is 0.180. The first-order valence-corrected chi connectivity index (χ1v) is 10.8. The van der Waals surface area contributed by atoms with Gasteiger partial charge in [0, 0.05) is 11.3 Å². The van der Waals surface area contributed by atoms with Crippen LogP contribution < -0.4 is 5.11 Å². The van der Waals surface area contributed by atoms with Crippen molar-refractivity contribution in [3.8, 4) is 0 Å². The van der Waals surface area contributed by atoms with E-state index in [1.807, 2.05) is 12.2 Å². The summed E-state index contributed by atoms with van der Waals surface area (Å²) in [6.45, 7) is 4.47. The highest BCUT2D eigenvalue weighted by atomic mass is 16.4. The Morgan fingerprint density at radius 1 is 0.926 bits per heavy atom. The maximum atomic E-state index is 11.3. The standard InChI is InChI=1S/C25H36O2/c1-3-5-7-8-12-18-25(19-16-22(17-20-25)24(26)27)23-15-11-10-14-21(23)13-9-6-4-2/h10-11,14-17,19-20,22H,3-9,12-13,18H2,1-2H3,(H,26,27)/p-1. The number of carboxylic acid groups (broad SMARTS) is 1. The van der Waals surface area contributed by atoms with Crippen molar-refractivity contribution >= 4 is 5.97 Å². The van der Waals surface area contributed by atoms with E-state index in [0.717, 1.165) is 19.3 Å². The highest BCUT2D eigenvalue weighted by molar-refractivity contribution is 5.73. The fourth-order valence-electron chi connectivity index (χ4n) is 4.09. The van der Waals surface area contributed by atoms with Crippen molar-refractivity contribution in [3.63, 3.8) is 0 Å². The lowest BCUT2D eigenvalue weighted by molar-refractivity contribution is -0.308. The van der Waals surface area contributed by atoms with Gasteiger partial charge in [0.25, 0.3) is 0 Å². The number of hydrogen-bond acceptors (Lipinski definition) is 2. The summed E-state index contributed by atoms with van der Waals surface area (Å²) in [7, 11) is 0. The lowest BCUT2D eigenvalue weighted by Crippen LogP contribution is -2.33. The number of hydrogen-bond donors (Lipinski definition) is 0. The highest BCUT2D eigenvalue weighted by Gasteiger charge is 2.30. The van der Waals surface area contributed by atoms with Crippen LogP contribution in [-0.4, -0.2) is 5.97 Å². The maximum Gasteiger partial charge on any atom is 0.0521 e. The Hall–Kier alpha value is -1.83. The summed E-state index contributed by atoms with van der Waals surface area (Å²) in [5, 5.41) is 11.3. The third-order valence-corrected chi connectivity index (χ3v) is 5.74. The van der Waals surface area contributed by atoms with Crippen molar-refractivity contribution in [3.05, 3.63) is 59.7 Å². The molecule has 0 amide bonds. The molecule has 1 aromatic rings. The lowest BCUT2D eigenvalue weighted by Gasteiger charge is -2.34. The van der Waals surface area contributed by atoms with E-state index in [9.17, 15) is 9.90 Å². The van der Waals surface area contributed by atoms with E-state index >= 15 is 0 Å². The Morgan fingerprint density at radius 3 is 2.22 bits per heavy atom. The molecule has 0 aromatic heterocycles. The number of carbonyl (C=O) groups is 1. The Morgan fingerprint density at radius 2 is 1.56 bits per heavy atom. The van der Waals surface area contributed by atoms with Crippen LogP contribution in [-0.2, 0) is 16.6 Å². The minimum Gasteiger partial charge on any atom is -0.549 e. The summed E-state index contributed by atoms with van der Waals surface area (Å²) in [6.07, 6.45) is 19.9. The van der Waals surface area contributed by atoms with Gasteiger partial charge in [-0.15, -0.1) is 0 Å². The largest absolute Gasteiger partial charge is 0.549 e. The van der Waals surface area contributed by atoms with E-state index in [2.05, 4.69) is 50.3 Å². The molecule has 0 aliphatic heterocycles. The van der Waals surface area contributed by atoms with Crippen LogP contribution in [0.2, 0.25) is 0 Å². The normalized spacial score (nSPS) is 21.5. The number of allylic oxidation sites excluding steroid dienone is 2. The van der Waals surface area contributed by atoms with Crippen LogP contribution in [0.3, 0.4) is 0 Å². The van der Waals surface area contributed by atoms with Crippen molar-refractivity contribution in [2.75, 3.05) is 0 Å². The molecule has 0 radical (unpaired) electrons. The SMILES string of the molecule is CCCCCCCC1(c2ccccc2CCCCC)C=CC(C(=O)[O-])C=C1. The van der Waals surface area contributed by atoms with Gasteiger partial charge in [-0.3, -0.25) is 0 Å². The van der Waals surface area contributed by atoms with Crippen molar-refractivity contribution < 1.29 is 9.90 Å². The first-order valence-electron chi connectivity index (χ1n) is 10.8. The second kappa shape index (κ2) is 11.1. The van der Waals surface area contributed by atoms with Crippen molar-refractivity contribution in [2.45, 2.75) is 83.5 Å². The van der Waals surface area contributed by atoms with Crippen LogP contribution in [0.5, 0.6) is 0 Å². The molecule has 0 heterocycles. The van der Waals surface area contributed by atoms with E-state index in [1.54, 1.807) is 0 Å². The van der Waals surface area contributed by atoms with Gasteiger partial charge in [0.2, 0.25) is 0 Å². The molecule has 1 aliphatic carbocycles. The number of rotatable bonds is 12. The average molecular weight is 368 g/mol. The summed E-state index contributed by atoms with van der Waals surface area (Å²) in [4.78, 5) is 11.3. The van der Waals surface area contributed by atoms with E-state index in [4.69, 9.17) is 0 Å².